The maximum absolute atomic E-state index is 12.5. The third-order valence-electron chi connectivity index (χ3n) is 4.89. The summed E-state index contributed by atoms with van der Waals surface area (Å²) >= 11 is 0. The fraction of sp³-hybridized carbons (Fsp3) is 0.882. The van der Waals surface area contributed by atoms with Crippen molar-refractivity contribution in [2.45, 2.75) is 57.4 Å². The van der Waals surface area contributed by atoms with E-state index in [-0.39, 0.29) is 17.9 Å². The van der Waals surface area contributed by atoms with Gasteiger partial charge in [0.2, 0.25) is 11.8 Å². The quantitative estimate of drug-likeness (QED) is 0.794. The van der Waals surface area contributed by atoms with E-state index < -0.39 is 0 Å². The monoisotopic (exact) mass is 309 g/mol. The van der Waals surface area contributed by atoms with Crippen molar-refractivity contribution in [2.24, 2.45) is 0 Å². The van der Waals surface area contributed by atoms with Crippen LogP contribution in [0.1, 0.15) is 51.4 Å². The highest BCUT2D eigenvalue weighted by atomic mass is 16.2. The Morgan fingerprint density at radius 1 is 0.955 bits per heavy atom. The molecule has 1 atom stereocenters. The maximum atomic E-state index is 12.5. The van der Waals surface area contributed by atoms with Crippen LogP contribution >= 0.6 is 0 Å². The molecule has 0 aromatic carbocycles. The first kappa shape index (κ1) is 17.3. The van der Waals surface area contributed by atoms with Crippen LogP contribution in [0.2, 0.25) is 0 Å². The SMILES string of the molecule is CN(C)C(=O)[C@@H]1CCCN1C(=O)CCN1CCCCCCC1. The second-order valence-corrected chi connectivity index (χ2v) is 6.84. The predicted molar refractivity (Wildman–Crippen MR) is 87.6 cm³/mol. The second kappa shape index (κ2) is 8.51. The number of hydrogen-bond acceptors (Lipinski definition) is 3. The molecule has 0 unspecified atom stereocenters. The summed E-state index contributed by atoms with van der Waals surface area (Å²) in [6.07, 6.45) is 8.80. The fourth-order valence-corrected chi connectivity index (χ4v) is 3.55. The summed E-state index contributed by atoms with van der Waals surface area (Å²) < 4.78 is 0. The first-order valence-corrected chi connectivity index (χ1v) is 8.82. The van der Waals surface area contributed by atoms with Crippen LogP contribution in [0.5, 0.6) is 0 Å². The molecule has 0 spiro atoms. The number of likely N-dealkylation sites (tertiary alicyclic amines) is 2. The van der Waals surface area contributed by atoms with Gasteiger partial charge in [-0.05, 0) is 38.8 Å². The molecule has 0 saturated carbocycles. The highest BCUT2D eigenvalue weighted by Crippen LogP contribution is 2.20. The van der Waals surface area contributed by atoms with Gasteiger partial charge in [0.25, 0.3) is 0 Å². The minimum atomic E-state index is -0.227. The Balaban J connectivity index is 1.81. The van der Waals surface area contributed by atoms with Crippen LogP contribution < -0.4 is 0 Å². The minimum Gasteiger partial charge on any atom is -0.347 e. The van der Waals surface area contributed by atoms with Gasteiger partial charge in [-0.3, -0.25) is 9.59 Å². The van der Waals surface area contributed by atoms with Crippen LogP contribution in [0.15, 0.2) is 0 Å². The van der Waals surface area contributed by atoms with Gasteiger partial charge < -0.3 is 14.7 Å². The van der Waals surface area contributed by atoms with Gasteiger partial charge in [-0.2, -0.15) is 0 Å². The molecule has 5 nitrogen and oxygen atoms in total. The van der Waals surface area contributed by atoms with Crippen LogP contribution in [0.25, 0.3) is 0 Å². The summed E-state index contributed by atoms with van der Waals surface area (Å²) in [5.74, 6) is 0.219. The summed E-state index contributed by atoms with van der Waals surface area (Å²) in [6, 6.07) is -0.227. The molecule has 5 heteroatoms. The maximum Gasteiger partial charge on any atom is 0.244 e. The van der Waals surface area contributed by atoms with Crippen molar-refractivity contribution in [3.05, 3.63) is 0 Å². The Labute approximate surface area is 134 Å². The van der Waals surface area contributed by atoms with Crippen molar-refractivity contribution in [1.82, 2.24) is 14.7 Å². The van der Waals surface area contributed by atoms with E-state index in [1.54, 1.807) is 19.0 Å². The number of amides is 2. The van der Waals surface area contributed by atoms with Crippen LogP contribution in [-0.4, -0.2) is 72.8 Å². The molecule has 2 amide bonds. The number of rotatable bonds is 4. The Kier molecular flexibility index (Phi) is 6.68. The Morgan fingerprint density at radius 3 is 2.23 bits per heavy atom. The van der Waals surface area contributed by atoms with Gasteiger partial charge in [-0.15, -0.1) is 0 Å². The van der Waals surface area contributed by atoms with Crippen LogP contribution in [0.3, 0.4) is 0 Å². The molecule has 0 aromatic rings. The summed E-state index contributed by atoms with van der Waals surface area (Å²) in [5, 5.41) is 0. The summed E-state index contributed by atoms with van der Waals surface area (Å²) in [5.41, 5.74) is 0. The van der Waals surface area contributed by atoms with Crippen molar-refractivity contribution < 1.29 is 9.59 Å². The molecule has 2 fully saturated rings. The number of carbonyl (C=O) groups is 2. The first-order chi connectivity index (χ1) is 10.6. The fourth-order valence-electron chi connectivity index (χ4n) is 3.55. The molecule has 0 bridgehead atoms. The lowest BCUT2D eigenvalue weighted by atomic mass is 10.1. The lowest BCUT2D eigenvalue weighted by Gasteiger charge is -2.28. The van der Waals surface area contributed by atoms with Crippen molar-refractivity contribution in [2.75, 3.05) is 40.3 Å². The zero-order valence-electron chi connectivity index (χ0n) is 14.2. The largest absolute Gasteiger partial charge is 0.347 e. The number of hydrogen-bond donors (Lipinski definition) is 0. The molecule has 0 aliphatic carbocycles. The summed E-state index contributed by atoms with van der Waals surface area (Å²) in [6.45, 7) is 3.82. The topological polar surface area (TPSA) is 43.9 Å². The van der Waals surface area contributed by atoms with Crippen molar-refractivity contribution in [3.63, 3.8) is 0 Å². The number of nitrogens with zero attached hydrogens (tertiary/aromatic N) is 3. The lowest BCUT2D eigenvalue weighted by molar-refractivity contribution is -0.142. The van der Waals surface area contributed by atoms with E-state index in [1.807, 2.05) is 4.90 Å². The molecule has 0 aromatic heterocycles. The molecule has 126 valence electrons. The molecular formula is C17H31N3O2. The average Bonchev–Trinajstić information content (AvgIpc) is 2.94. The van der Waals surface area contributed by atoms with Crippen molar-refractivity contribution >= 4 is 11.8 Å². The molecular weight excluding hydrogens is 278 g/mol. The molecule has 0 N–H and O–H groups in total. The van der Waals surface area contributed by atoms with E-state index in [0.717, 1.165) is 39.0 Å². The Bertz CT molecular complexity index is 376. The van der Waals surface area contributed by atoms with Gasteiger partial charge in [0.05, 0.1) is 0 Å². The molecule has 2 rings (SSSR count). The number of carbonyl (C=O) groups excluding carboxylic acids is 2. The third-order valence-corrected chi connectivity index (χ3v) is 4.89. The summed E-state index contributed by atoms with van der Waals surface area (Å²) in [7, 11) is 3.53. The van der Waals surface area contributed by atoms with Gasteiger partial charge >= 0.3 is 0 Å². The zero-order valence-corrected chi connectivity index (χ0v) is 14.2. The van der Waals surface area contributed by atoms with E-state index >= 15 is 0 Å². The molecule has 22 heavy (non-hydrogen) atoms. The average molecular weight is 309 g/mol. The Morgan fingerprint density at radius 2 is 1.59 bits per heavy atom. The Hall–Kier alpha value is -1.10. The van der Waals surface area contributed by atoms with E-state index in [4.69, 9.17) is 0 Å². The van der Waals surface area contributed by atoms with Crippen LogP contribution in [0.4, 0.5) is 0 Å². The van der Waals surface area contributed by atoms with Gasteiger partial charge in [0.1, 0.15) is 6.04 Å². The van der Waals surface area contributed by atoms with E-state index in [2.05, 4.69) is 4.90 Å². The van der Waals surface area contributed by atoms with Gasteiger partial charge in [-0.1, -0.05) is 19.3 Å². The molecule has 2 aliphatic heterocycles. The predicted octanol–water partition coefficient (Wildman–Crippen LogP) is 1.72. The van der Waals surface area contributed by atoms with Crippen molar-refractivity contribution in [1.29, 1.82) is 0 Å². The van der Waals surface area contributed by atoms with E-state index in [1.165, 1.54) is 32.1 Å². The highest BCUT2D eigenvalue weighted by Gasteiger charge is 2.34. The van der Waals surface area contributed by atoms with Crippen molar-refractivity contribution in [3.8, 4) is 0 Å². The van der Waals surface area contributed by atoms with Gasteiger partial charge in [0.15, 0.2) is 0 Å². The number of likely N-dealkylation sites (N-methyl/N-ethyl adjacent to an activating group) is 1. The minimum absolute atomic E-state index is 0.0668. The molecule has 2 aliphatic rings. The zero-order chi connectivity index (χ0) is 15.9. The lowest BCUT2D eigenvalue weighted by Crippen LogP contribution is -2.46. The van der Waals surface area contributed by atoms with E-state index in [9.17, 15) is 9.59 Å². The van der Waals surface area contributed by atoms with Gasteiger partial charge in [0, 0.05) is 33.6 Å². The normalized spacial score (nSPS) is 23.9. The second-order valence-electron chi connectivity index (χ2n) is 6.84. The smallest absolute Gasteiger partial charge is 0.244 e. The van der Waals surface area contributed by atoms with Crippen LogP contribution in [0, 0.1) is 0 Å². The highest BCUT2D eigenvalue weighted by molar-refractivity contribution is 5.88. The van der Waals surface area contributed by atoms with Crippen LogP contribution in [-0.2, 0) is 9.59 Å². The molecule has 0 radical (unpaired) electrons. The molecule has 2 heterocycles. The summed E-state index contributed by atoms with van der Waals surface area (Å²) in [4.78, 5) is 30.5. The third kappa shape index (κ3) is 4.70. The standard InChI is InChI=1S/C17H31N3O2/c1-18(2)17(22)15-9-8-13-20(15)16(21)10-14-19-11-6-4-3-5-7-12-19/h15H,3-14H2,1-2H3/t15-/m0/s1. The van der Waals surface area contributed by atoms with E-state index in [0.29, 0.717) is 6.42 Å². The first-order valence-electron chi connectivity index (χ1n) is 8.82. The van der Waals surface area contributed by atoms with Gasteiger partial charge in [-0.25, -0.2) is 0 Å². The molecule has 2 saturated heterocycles.